The van der Waals surface area contributed by atoms with Crippen molar-refractivity contribution in [2.75, 3.05) is 37.2 Å². The molecule has 1 aliphatic rings. The van der Waals surface area contributed by atoms with E-state index in [1.807, 2.05) is 32.7 Å². The summed E-state index contributed by atoms with van der Waals surface area (Å²) >= 11 is 0. The SMILES string of the molecule is COc1cc(OC)c(F)c(N2Cc3cnc(-c4cn(C)nc4C)cc3N(C/C(=C/PC)C(C)=N)C2=O)c1F. The van der Waals surface area contributed by atoms with Crippen molar-refractivity contribution in [3.05, 3.63) is 58.8 Å². The predicted octanol–water partition coefficient (Wildman–Crippen LogP) is 5.26. The average Bonchev–Trinajstić information content (AvgIpc) is 3.23. The Hall–Kier alpha value is -3.85. The Kier molecular flexibility index (Phi) is 7.78. The Labute approximate surface area is 221 Å². The lowest BCUT2D eigenvalue weighted by Crippen LogP contribution is -2.49. The lowest BCUT2D eigenvalue weighted by Gasteiger charge is -2.38. The normalized spacial score (nSPS) is 13.9. The van der Waals surface area contributed by atoms with Crippen LogP contribution in [-0.2, 0) is 13.6 Å². The number of hydrogen-bond acceptors (Lipinski definition) is 6. The van der Waals surface area contributed by atoms with Crippen LogP contribution in [0.3, 0.4) is 0 Å². The van der Waals surface area contributed by atoms with Crippen LogP contribution < -0.4 is 19.3 Å². The Morgan fingerprint density at radius 3 is 2.39 bits per heavy atom. The quantitative estimate of drug-likeness (QED) is 0.309. The molecule has 1 aliphatic heterocycles. The van der Waals surface area contributed by atoms with Crippen LogP contribution in [-0.4, -0.2) is 53.9 Å². The number of anilines is 2. The van der Waals surface area contributed by atoms with Gasteiger partial charge in [-0.25, -0.2) is 13.6 Å². The highest BCUT2D eigenvalue weighted by atomic mass is 31.1. The summed E-state index contributed by atoms with van der Waals surface area (Å²) in [5.74, 6) is -0.671. The summed E-state index contributed by atoms with van der Waals surface area (Å²) in [4.78, 5) is 21.0. The fraction of sp³-hybridized carbons (Fsp3) is 0.308. The summed E-state index contributed by atoms with van der Waals surface area (Å²) in [6, 6.07) is 2.22. The van der Waals surface area contributed by atoms with Crippen molar-refractivity contribution >= 4 is 31.7 Å². The molecule has 2 aromatic heterocycles. The number of benzene rings is 1. The molecule has 3 aromatic rings. The van der Waals surface area contributed by atoms with Crippen LogP contribution >= 0.6 is 8.58 Å². The van der Waals surface area contributed by atoms with Gasteiger partial charge < -0.3 is 14.9 Å². The first-order valence-electron chi connectivity index (χ1n) is 11.7. The molecule has 0 saturated carbocycles. The maximum absolute atomic E-state index is 15.5. The number of pyridine rings is 1. The Morgan fingerprint density at radius 2 is 1.87 bits per heavy atom. The van der Waals surface area contributed by atoms with Crippen LogP contribution in [0.1, 0.15) is 18.2 Å². The van der Waals surface area contributed by atoms with E-state index in [0.717, 1.165) is 22.2 Å². The number of rotatable bonds is 8. The number of methoxy groups -OCH3 is 2. The minimum absolute atomic E-state index is 0.0400. The second-order valence-corrected chi connectivity index (χ2v) is 9.66. The molecule has 0 fully saturated rings. The van der Waals surface area contributed by atoms with E-state index in [0.29, 0.717) is 36.8 Å². The molecule has 0 bridgehead atoms. The number of amides is 2. The molecular weight excluding hydrogens is 513 g/mol. The first kappa shape index (κ1) is 27.2. The highest BCUT2D eigenvalue weighted by Crippen LogP contribution is 2.41. The van der Waals surface area contributed by atoms with Crippen molar-refractivity contribution < 1.29 is 23.0 Å². The van der Waals surface area contributed by atoms with E-state index in [-0.39, 0.29) is 24.6 Å². The minimum Gasteiger partial charge on any atom is -0.493 e. The zero-order valence-corrected chi connectivity index (χ0v) is 23.0. The van der Waals surface area contributed by atoms with Gasteiger partial charge in [0, 0.05) is 42.3 Å². The summed E-state index contributed by atoms with van der Waals surface area (Å²) in [6.45, 7) is 5.37. The second kappa shape index (κ2) is 10.9. The molecule has 0 aliphatic carbocycles. The van der Waals surface area contributed by atoms with Gasteiger partial charge in [-0.3, -0.25) is 19.5 Å². The number of hydrogen-bond donors (Lipinski definition) is 1. The Balaban J connectivity index is 1.91. The monoisotopic (exact) mass is 542 g/mol. The molecule has 0 saturated heterocycles. The zero-order chi connectivity index (χ0) is 27.7. The topological polar surface area (TPSA) is 96.6 Å². The van der Waals surface area contributed by atoms with Crippen molar-refractivity contribution in [1.29, 1.82) is 5.41 Å². The van der Waals surface area contributed by atoms with Gasteiger partial charge in [0.15, 0.2) is 23.1 Å². The van der Waals surface area contributed by atoms with E-state index >= 15 is 8.78 Å². The first-order chi connectivity index (χ1) is 18.1. The number of ether oxygens (including phenoxy) is 2. The van der Waals surface area contributed by atoms with Crippen LogP contribution in [0.25, 0.3) is 11.3 Å². The third-order valence-electron chi connectivity index (χ3n) is 6.28. The first-order valence-corrected chi connectivity index (χ1v) is 13.3. The van der Waals surface area contributed by atoms with Crippen molar-refractivity contribution in [3.63, 3.8) is 0 Å². The largest absolute Gasteiger partial charge is 0.493 e. The van der Waals surface area contributed by atoms with E-state index in [1.54, 1.807) is 23.9 Å². The van der Waals surface area contributed by atoms with Gasteiger partial charge in [-0.1, -0.05) is 5.82 Å². The van der Waals surface area contributed by atoms with E-state index < -0.39 is 23.4 Å². The molecule has 3 heterocycles. The molecule has 2 amide bonds. The van der Waals surface area contributed by atoms with Gasteiger partial charge in [0.1, 0.15) is 5.69 Å². The van der Waals surface area contributed by atoms with Crippen LogP contribution in [0.4, 0.5) is 25.0 Å². The molecule has 1 N–H and O–H groups in total. The van der Waals surface area contributed by atoms with Crippen LogP contribution in [0.2, 0.25) is 0 Å². The third-order valence-corrected chi connectivity index (χ3v) is 6.92. The number of carbonyl (C=O) groups excluding carboxylic acids is 1. The maximum atomic E-state index is 15.5. The minimum atomic E-state index is -1.02. The lowest BCUT2D eigenvalue weighted by molar-refractivity contribution is 0.250. The van der Waals surface area contributed by atoms with Crippen LogP contribution in [0.15, 0.2) is 35.9 Å². The number of aryl methyl sites for hydroxylation is 2. The van der Waals surface area contributed by atoms with E-state index in [1.165, 1.54) is 19.1 Å². The number of nitrogens with one attached hydrogen (secondary N) is 1. The molecule has 0 radical (unpaired) electrons. The summed E-state index contributed by atoms with van der Waals surface area (Å²) < 4.78 is 42.7. The van der Waals surface area contributed by atoms with Gasteiger partial charge in [0.05, 0.1) is 44.4 Å². The van der Waals surface area contributed by atoms with Gasteiger partial charge >= 0.3 is 6.03 Å². The predicted molar refractivity (Wildman–Crippen MR) is 145 cm³/mol. The summed E-state index contributed by atoms with van der Waals surface area (Å²) in [5, 5.41) is 12.6. The molecule has 1 aromatic carbocycles. The number of halogens is 2. The molecule has 12 heteroatoms. The van der Waals surface area contributed by atoms with Gasteiger partial charge in [-0.05, 0) is 32.2 Å². The van der Waals surface area contributed by atoms with Crippen molar-refractivity contribution in [3.8, 4) is 22.8 Å². The van der Waals surface area contributed by atoms with Crippen molar-refractivity contribution in [1.82, 2.24) is 14.8 Å². The molecule has 1 unspecified atom stereocenters. The lowest BCUT2D eigenvalue weighted by atomic mass is 10.0. The van der Waals surface area contributed by atoms with Crippen LogP contribution in [0, 0.1) is 24.0 Å². The molecule has 1 atom stereocenters. The number of urea groups is 1. The van der Waals surface area contributed by atoms with Gasteiger partial charge in [-0.2, -0.15) is 5.10 Å². The average molecular weight is 543 g/mol. The molecule has 0 spiro atoms. The van der Waals surface area contributed by atoms with Gasteiger partial charge in [-0.15, -0.1) is 8.58 Å². The molecular formula is C26H29F2N6O3P. The Bertz CT molecular complexity index is 1430. The number of aromatic nitrogens is 3. The standard InChI is InChI=1S/C26H29F2N6O3P/c1-14(29)17(13-38-6)11-33-20-7-19(18-12-32(3)31-15(18)2)30-9-16(20)10-34(26(33)35)25-23(27)21(36-4)8-22(37-5)24(25)28/h7-9,12-13,29,38H,10-11H2,1-6H3/b17-13-,29-14?. The van der Waals surface area contributed by atoms with Crippen molar-refractivity contribution in [2.45, 2.75) is 20.4 Å². The highest BCUT2D eigenvalue weighted by molar-refractivity contribution is 7.40. The van der Waals surface area contributed by atoms with E-state index in [4.69, 9.17) is 14.9 Å². The maximum Gasteiger partial charge on any atom is 0.329 e. The fourth-order valence-electron chi connectivity index (χ4n) is 4.39. The van der Waals surface area contributed by atoms with E-state index in [2.05, 4.69) is 10.1 Å². The highest BCUT2D eigenvalue weighted by Gasteiger charge is 2.37. The third kappa shape index (κ3) is 4.86. The summed E-state index contributed by atoms with van der Waals surface area (Å²) in [7, 11) is 4.71. The molecule has 200 valence electrons. The van der Waals surface area contributed by atoms with E-state index in [9.17, 15) is 4.79 Å². The van der Waals surface area contributed by atoms with Crippen molar-refractivity contribution in [2.24, 2.45) is 7.05 Å². The van der Waals surface area contributed by atoms with Gasteiger partial charge in [0.25, 0.3) is 0 Å². The smallest absolute Gasteiger partial charge is 0.329 e. The summed E-state index contributed by atoms with van der Waals surface area (Å²) in [6.07, 6.45) is 3.43. The number of carbonyl (C=O) groups is 1. The molecule has 4 rings (SSSR count). The number of nitrogens with zero attached hydrogens (tertiary/aromatic N) is 5. The second-order valence-electron chi connectivity index (χ2n) is 8.80. The summed E-state index contributed by atoms with van der Waals surface area (Å²) in [5.41, 5.74) is 3.65. The Morgan fingerprint density at radius 1 is 1.21 bits per heavy atom. The molecule has 38 heavy (non-hydrogen) atoms. The van der Waals surface area contributed by atoms with Gasteiger partial charge in [0.2, 0.25) is 0 Å². The fourth-order valence-corrected chi connectivity index (χ4v) is 5.04. The molecule has 9 nitrogen and oxygen atoms in total. The zero-order valence-electron chi connectivity index (χ0n) is 22.0. The number of fused-ring (bicyclic) bond motifs is 1. The van der Waals surface area contributed by atoms with Crippen LogP contribution in [0.5, 0.6) is 11.5 Å².